The first-order valence-electron chi connectivity index (χ1n) is 9.45. The Hall–Kier alpha value is -1.11. The third kappa shape index (κ3) is 8.52. The molecule has 1 aliphatic rings. The molecule has 0 aliphatic heterocycles. The molecule has 0 amide bonds. The van der Waals surface area contributed by atoms with Crippen LogP contribution in [0.25, 0.3) is 0 Å². The van der Waals surface area contributed by atoms with E-state index >= 15 is 0 Å². The van der Waals surface area contributed by atoms with Gasteiger partial charge in [-0.2, -0.15) is 0 Å². The highest BCUT2D eigenvalue weighted by Crippen LogP contribution is 2.30. The maximum Gasteiger partial charge on any atom is 0.212 e. The fourth-order valence-electron chi connectivity index (χ4n) is 2.50. The standard InChI is InChI=1S/C20H33NO4S/c1-16(18-7-5-8-19(13-18)25-14-17-9-10-17)21-26(22,23)12-6-11-24-15-20(2,3)4/h5,7-8,13,16-17,21H,6,9-12,14-15H2,1-4H3. The van der Waals surface area contributed by atoms with Crippen LogP contribution in [0.4, 0.5) is 0 Å². The summed E-state index contributed by atoms with van der Waals surface area (Å²) in [6.45, 7) is 9.97. The lowest BCUT2D eigenvalue weighted by molar-refractivity contribution is 0.0720. The number of hydrogen-bond acceptors (Lipinski definition) is 4. The van der Waals surface area contributed by atoms with Crippen LogP contribution in [0, 0.1) is 11.3 Å². The van der Waals surface area contributed by atoms with Crippen LogP contribution < -0.4 is 9.46 Å². The maximum atomic E-state index is 12.3. The molecular weight excluding hydrogens is 350 g/mol. The minimum Gasteiger partial charge on any atom is -0.493 e. The van der Waals surface area contributed by atoms with Crippen molar-refractivity contribution in [3.05, 3.63) is 29.8 Å². The van der Waals surface area contributed by atoms with E-state index in [1.165, 1.54) is 12.8 Å². The lowest BCUT2D eigenvalue weighted by Crippen LogP contribution is -2.29. The molecule has 5 nitrogen and oxygen atoms in total. The molecule has 1 saturated carbocycles. The van der Waals surface area contributed by atoms with Crippen molar-refractivity contribution in [2.75, 3.05) is 25.6 Å². The van der Waals surface area contributed by atoms with E-state index in [4.69, 9.17) is 9.47 Å². The first-order valence-corrected chi connectivity index (χ1v) is 11.1. The van der Waals surface area contributed by atoms with Crippen LogP contribution in [0.15, 0.2) is 24.3 Å². The molecule has 0 radical (unpaired) electrons. The van der Waals surface area contributed by atoms with E-state index in [1.54, 1.807) is 0 Å². The van der Waals surface area contributed by atoms with Crippen LogP contribution in [0.2, 0.25) is 0 Å². The normalized spacial score (nSPS) is 16.5. The fraction of sp³-hybridized carbons (Fsp3) is 0.700. The Morgan fingerprint density at radius 2 is 2.00 bits per heavy atom. The van der Waals surface area contributed by atoms with Crippen LogP contribution in [-0.2, 0) is 14.8 Å². The smallest absolute Gasteiger partial charge is 0.212 e. The zero-order valence-electron chi connectivity index (χ0n) is 16.5. The van der Waals surface area contributed by atoms with Gasteiger partial charge in [0.15, 0.2) is 0 Å². The van der Waals surface area contributed by atoms with Gasteiger partial charge in [0.1, 0.15) is 5.75 Å². The van der Waals surface area contributed by atoms with Gasteiger partial charge in [0.2, 0.25) is 10.0 Å². The number of nitrogens with one attached hydrogen (secondary N) is 1. The van der Waals surface area contributed by atoms with Crippen LogP contribution in [0.1, 0.15) is 58.6 Å². The van der Waals surface area contributed by atoms with Crippen molar-refractivity contribution < 1.29 is 17.9 Å². The molecule has 0 bridgehead atoms. The third-order valence-electron chi connectivity index (χ3n) is 4.13. The van der Waals surface area contributed by atoms with Gasteiger partial charge in [-0.3, -0.25) is 0 Å². The summed E-state index contributed by atoms with van der Waals surface area (Å²) in [6, 6.07) is 7.37. The Morgan fingerprint density at radius 1 is 1.27 bits per heavy atom. The number of rotatable bonds is 11. The third-order valence-corrected chi connectivity index (χ3v) is 5.67. The number of benzene rings is 1. The molecule has 0 aromatic heterocycles. The summed E-state index contributed by atoms with van der Waals surface area (Å²) in [5, 5.41) is 0. The van der Waals surface area contributed by atoms with Gasteiger partial charge in [0, 0.05) is 12.6 Å². The Balaban J connectivity index is 1.77. The molecule has 2 rings (SSSR count). The molecular formula is C20H33NO4S. The van der Waals surface area contributed by atoms with E-state index in [1.807, 2.05) is 31.2 Å². The zero-order valence-corrected chi connectivity index (χ0v) is 17.3. The molecule has 1 atom stereocenters. The van der Waals surface area contributed by atoms with Crippen molar-refractivity contribution in [3.8, 4) is 5.75 Å². The lowest BCUT2D eigenvalue weighted by atomic mass is 9.99. The largest absolute Gasteiger partial charge is 0.493 e. The first-order chi connectivity index (χ1) is 12.1. The van der Waals surface area contributed by atoms with E-state index in [0.717, 1.165) is 17.9 Å². The highest BCUT2D eigenvalue weighted by Gasteiger charge is 2.22. The molecule has 6 heteroatoms. The summed E-state index contributed by atoms with van der Waals surface area (Å²) in [5.74, 6) is 1.56. The highest BCUT2D eigenvalue weighted by molar-refractivity contribution is 7.89. The average Bonchev–Trinajstić information content (AvgIpc) is 3.35. The zero-order chi connectivity index (χ0) is 19.2. The van der Waals surface area contributed by atoms with Crippen LogP contribution in [0.5, 0.6) is 5.75 Å². The summed E-state index contributed by atoms with van der Waals surface area (Å²) in [5.41, 5.74) is 1.00. The number of sulfonamides is 1. The second-order valence-corrected chi connectivity index (χ2v) is 10.3. The van der Waals surface area contributed by atoms with E-state index < -0.39 is 10.0 Å². The van der Waals surface area contributed by atoms with Crippen LogP contribution >= 0.6 is 0 Å². The summed E-state index contributed by atoms with van der Waals surface area (Å²) in [7, 11) is -3.34. The SMILES string of the molecule is CC(NS(=O)(=O)CCCOCC(C)(C)C)c1cccc(OCC2CC2)c1. The Labute approximate surface area is 158 Å². The second kappa shape index (κ2) is 9.20. The molecule has 1 fully saturated rings. The van der Waals surface area contributed by atoms with Crippen molar-refractivity contribution in [3.63, 3.8) is 0 Å². The molecule has 0 spiro atoms. The monoisotopic (exact) mass is 383 g/mol. The predicted octanol–water partition coefficient (Wildman–Crippen LogP) is 3.91. The maximum absolute atomic E-state index is 12.3. The Kier molecular flexibility index (Phi) is 7.50. The number of hydrogen-bond donors (Lipinski definition) is 1. The molecule has 1 aromatic carbocycles. The van der Waals surface area contributed by atoms with E-state index in [2.05, 4.69) is 25.5 Å². The second-order valence-electron chi connectivity index (χ2n) is 8.45. The van der Waals surface area contributed by atoms with Crippen LogP contribution in [0.3, 0.4) is 0 Å². The van der Waals surface area contributed by atoms with Gasteiger partial charge in [0.25, 0.3) is 0 Å². The molecule has 1 N–H and O–H groups in total. The van der Waals surface area contributed by atoms with Crippen molar-refractivity contribution in [1.29, 1.82) is 0 Å². The van der Waals surface area contributed by atoms with Gasteiger partial charge < -0.3 is 9.47 Å². The fourth-order valence-corrected chi connectivity index (χ4v) is 3.79. The Morgan fingerprint density at radius 3 is 2.65 bits per heavy atom. The summed E-state index contributed by atoms with van der Waals surface area (Å²) in [6.07, 6.45) is 2.98. The molecule has 1 aliphatic carbocycles. The van der Waals surface area contributed by atoms with Gasteiger partial charge in [-0.1, -0.05) is 32.9 Å². The average molecular weight is 384 g/mol. The van der Waals surface area contributed by atoms with Gasteiger partial charge in [0.05, 0.1) is 19.0 Å². The van der Waals surface area contributed by atoms with E-state index in [9.17, 15) is 8.42 Å². The van der Waals surface area contributed by atoms with Gasteiger partial charge in [-0.05, 0) is 55.2 Å². The number of ether oxygens (including phenoxy) is 2. The lowest BCUT2D eigenvalue weighted by Gasteiger charge is -2.18. The van der Waals surface area contributed by atoms with E-state index in [-0.39, 0.29) is 17.2 Å². The molecule has 0 heterocycles. The molecule has 0 saturated heterocycles. The minimum absolute atomic E-state index is 0.0688. The molecule has 148 valence electrons. The van der Waals surface area contributed by atoms with Crippen molar-refractivity contribution in [2.45, 2.75) is 53.0 Å². The topological polar surface area (TPSA) is 64.6 Å². The molecule has 26 heavy (non-hydrogen) atoms. The van der Waals surface area contributed by atoms with Gasteiger partial charge >= 0.3 is 0 Å². The minimum atomic E-state index is -3.34. The quantitative estimate of drug-likeness (QED) is 0.589. The highest BCUT2D eigenvalue weighted by atomic mass is 32.2. The summed E-state index contributed by atoms with van der Waals surface area (Å²) >= 11 is 0. The predicted molar refractivity (Wildman–Crippen MR) is 105 cm³/mol. The van der Waals surface area contributed by atoms with Gasteiger partial charge in [-0.15, -0.1) is 0 Å². The van der Waals surface area contributed by atoms with Crippen molar-refractivity contribution in [2.24, 2.45) is 11.3 Å². The van der Waals surface area contributed by atoms with E-state index in [0.29, 0.717) is 25.6 Å². The Bertz CT molecular complexity index is 663. The van der Waals surface area contributed by atoms with Crippen LogP contribution in [-0.4, -0.2) is 34.0 Å². The molecule has 1 unspecified atom stereocenters. The first kappa shape index (κ1) is 21.2. The van der Waals surface area contributed by atoms with Crippen molar-refractivity contribution >= 4 is 10.0 Å². The summed E-state index contributed by atoms with van der Waals surface area (Å²) < 4.78 is 38.6. The molecule has 1 aromatic rings. The summed E-state index contributed by atoms with van der Waals surface area (Å²) in [4.78, 5) is 0. The van der Waals surface area contributed by atoms with Crippen molar-refractivity contribution in [1.82, 2.24) is 4.72 Å². The van der Waals surface area contributed by atoms with Gasteiger partial charge in [-0.25, -0.2) is 13.1 Å².